The number of nitrogens with one attached hydrogen (secondary N) is 1. The van der Waals surface area contributed by atoms with Crippen LogP contribution in [0.5, 0.6) is 0 Å². The van der Waals surface area contributed by atoms with Crippen molar-refractivity contribution in [3.05, 3.63) is 28.0 Å². The van der Waals surface area contributed by atoms with Gasteiger partial charge in [-0.05, 0) is 19.1 Å². The lowest BCUT2D eigenvalue weighted by molar-refractivity contribution is 0.0958. The van der Waals surface area contributed by atoms with Crippen molar-refractivity contribution >= 4 is 29.1 Å². The third-order valence-electron chi connectivity index (χ3n) is 1.57. The van der Waals surface area contributed by atoms with Crippen molar-refractivity contribution in [3.63, 3.8) is 0 Å². The predicted octanol–water partition coefficient (Wildman–Crippen LogP) is 2.14. The Kier molecular flexibility index (Phi) is 4.41. The lowest BCUT2D eigenvalue weighted by Gasteiger charge is -2.02. The number of hydrogen-bond donors (Lipinski definition) is 1. The smallest absolute Gasteiger partial charge is 0.255 e. The van der Waals surface area contributed by atoms with Crippen LogP contribution < -0.4 is 5.32 Å². The van der Waals surface area contributed by atoms with Gasteiger partial charge in [0.1, 0.15) is 10.3 Å². The first-order valence-corrected chi connectivity index (χ1v) is 4.90. The molecule has 1 heterocycles. The second-order valence-electron chi connectivity index (χ2n) is 2.58. The van der Waals surface area contributed by atoms with Crippen molar-refractivity contribution in [1.82, 2.24) is 10.3 Å². The molecule has 0 aliphatic rings. The topological polar surface area (TPSA) is 42.0 Å². The minimum Gasteiger partial charge on any atom is -0.341 e. The van der Waals surface area contributed by atoms with Crippen LogP contribution in [0.4, 0.5) is 0 Å². The largest absolute Gasteiger partial charge is 0.341 e. The minimum atomic E-state index is -0.313. The molecule has 0 unspecified atom stereocenters. The third kappa shape index (κ3) is 3.43. The van der Waals surface area contributed by atoms with E-state index in [1.807, 2.05) is 0 Å². The van der Waals surface area contributed by atoms with Gasteiger partial charge < -0.3 is 5.32 Å². The maximum absolute atomic E-state index is 11.5. The van der Waals surface area contributed by atoms with Crippen molar-refractivity contribution in [2.45, 2.75) is 6.92 Å². The molecule has 0 atom stereocenters. The number of carbonyl (C=O) groups is 1. The van der Waals surface area contributed by atoms with Gasteiger partial charge >= 0.3 is 0 Å². The Morgan fingerprint density at radius 1 is 1.53 bits per heavy atom. The lowest BCUT2D eigenvalue weighted by Crippen LogP contribution is -2.24. The van der Waals surface area contributed by atoms with Gasteiger partial charge in [-0.15, -0.1) is 5.92 Å². The molecule has 0 radical (unpaired) electrons. The third-order valence-corrected chi connectivity index (χ3v) is 2.07. The second kappa shape index (κ2) is 5.59. The molecule has 0 aliphatic carbocycles. The van der Waals surface area contributed by atoms with Crippen LogP contribution in [0.3, 0.4) is 0 Å². The van der Waals surface area contributed by atoms with E-state index in [1.54, 1.807) is 6.92 Å². The van der Waals surface area contributed by atoms with Crippen LogP contribution in [-0.2, 0) is 0 Å². The van der Waals surface area contributed by atoms with Crippen LogP contribution in [0, 0.1) is 11.8 Å². The molecule has 1 aromatic rings. The molecule has 0 saturated heterocycles. The quantitative estimate of drug-likeness (QED) is 0.638. The van der Waals surface area contributed by atoms with E-state index in [0.29, 0.717) is 5.56 Å². The van der Waals surface area contributed by atoms with Crippen LogP contribution in [-0.4, -0.2) is 17.4 Å². The number of rotatable bonds is 2. The highest BCUT2D eigenvalue weighted by atomic mass is 35.5. The van der Waals surface area contributed by atoms with Gasteiger partial charge in [-0.25, -0.2) is 4.98 Å². The molecule has 1 aromatic heterocycles. The van der Waals surface area contributed by atoms with E-state index in [-0.39, 0.29) is 22.8 Å². The van der Waals surface area contributed by atoms with E-state index in [0.717, 1.165) is 0 Å². The van der Waals surface area contributed by atoms with E-state index in [9.17, 15) is 4.79 Å². The number of nitrogens with zero attached hydrogens (tertiary/aromatic N) is 1. The minimum absolute atomic E-state index is 0.0875. The monoisotopic (exact) mass is 242 g/mol. The van der Waals surface area contributed by atoms with E-state index < -0.39 is 0 Å². The van der Waals surface area contributed by atoms with Crippen LogP contribution in [0.25, 0.3) is 0 Å². The summed E-state index contributed by atoms with van der Waals surface area (Å²) in [5, 5.41) is 2.92. The molecule has 1 N–H and O–H groups in total. The average molecular weight is 243 g/mol. The summed E-state index contributed by atoms with van der Waals surface area (Å²) in [5.74, 6) is 5.06. The number of amides is 1. The summed E-state index contributed by atoms with van der Waals surface area (Å²) in [5.41, 5.74) is 0.291. The Labute approximate surface area is 97.8 Å². The van der Waals surface area contributed by atoms with Gasteiger partial charge in [-0.3, -0.25) is 4.79 Å². The highest BCUT2D eigenvalue weighted by Gasteiger charge is 2.10. The fraction of sp³-hybridized carbons (Fsp3) is 0.200. The van der Waals surface area contributed by atoms with Gasteiger partial charge in [0, 0.05) is 0 Å². The van der Waals surface area contributed by atoms with Gasteiger partial charge in [-0.1, -0.05) is 29.1 Å². The van der Waals surface area contributed by atoms with Crippen molar-refractivity contribution in [1.29, 1.82) is 0 Å². The molecular formula is C10H8Cl2N2O. The first kappa shape index (κ1) is 11.8. The SMILES string of the molecule is CC#CCNC(=O)c1ccc(Cl)nc1Cl. The van der Waals surface area contributed by atoms with Crippen LogP contribution in [0.1, 0.15) is 17.3 Å². The van der Waals surface area contributed by atoms with Gasteiger partial charge in [0.05, 0.1) is 12.1 Å². The molecular weight excluding hydrogens is 235 g/mol. The summed E-state index contributed by atoms with van der Waals surface area (Å²) in [4.78, 5) is 15.3. The molecule has 1 rings (SSSR count). The summed E-state index contributed by atoms with van der Waals surface area (Å²) in [6, 6.07) is 3.03. The van der Waals surface area contributed by atoms with Crippen molar-refractivity contribution < 1.29 is 4.79 Å². The Morgan fingerprint density at radius 2 is 2.27 bits per heavy atom. The zero-order chi connectivity index (χ0) is 11.3. The molecule has 0 aromatic carbocycles. The van der Waals surface area contributed by atoms with Crippen molar-refractivity contribution in [3.8, 4) is 11.8 Å². The summed E-state index contributed by atoms with van der Waals surface area (Å²) in [6.07, 6.45) is 0. The summed E-state index contributed by atoms with van der Waals surface area (Å²) in [6.45, 7) is 1.98. The van der Waals surface area contributed by atoms with Gasteiger partial charge in [-0.2, -0.15) is 0 Å². The summed E-state index contributed by atoms with van der Waals surface area (Å²) >= 11 is 11.3. The van der Waals surface area contributed by atoms with Crippen LogP contribution >= 0.6 is 23.2 Å². The summed E-state index contributed by atoms with van der Waals surface area (Å²) < 4.78 is 0. The number of aromatic nitrogens is 1. The van der Waals surface area contributed by atoms with Crippen LogP contribution in [0.2, 0.25) is 10.3 Å². The lowest BCUT2D eigenvalue weighted by atomic mass is 10.2. The van der Waals surface area contributed by atoms with Gasteiger partial charge in [0.25, 0.3) is 5.91 Å². The molecule has 15 heavy (non-hydrogen) atoms. The number of halogens is 2. The maximum atomic E-state index is 11.5. The molecule has 0 aliphatic heterocycles. The Hall–Kier alpha value is -1.24. The number of carbonyl (C=O) groups excluding carboxylic acids is 1. The summed E-state index contributed by atoms with van der Waals surface area (Å²) in [7, 11) is 0. The average Bonchev–Trinajstić information content (AvgIpc) is 2.17. The Balaban J connectivity index is 2.76. The van der Waals surface area contributed by atoms with E-state index in [2.05, 4.69) is 22.1 Å². The zero-order valence-corrected chi connectivity index (χ0v) is 9.49. The van der Waals surface area contributed by atoms with Gasteiger partial charge in [0.15, 0.2) is 0 Å². The first-order chi connectivity index (χ1) is 7.15. The normalized spacial score (nSPS) is 9.00. The van der Waals surface area contributed by atoms with E-state index in [4.69, 9.17) is 23.2 Å². The van der Waals surface area contributed by atoms with E-state index in [1.165, 1.54) is 12.1 Å². The molecule has 0 fully saturated rings. The Bertz CT molecular complexity index is 435. The second-order valence-corrected chi connectivity index (χ2v) is 3.33. The van der Waals surface area contributed by atoms with Crippen molar-refractivity contribution in [2.24, 2.45) is 0 Å². The molecule has 0 spiro atoms. The predicted molar refractivity (Wildman–Crippen MR) is 60.0 cm³/mol. The van der Waals surface area contributed by atoms with Crippen LogP contribution in [0.15, 0.2) is 12.1 Å². The van der Waals surface area contributed by atoms with E-state index >= 15 is 0 Å². The highest BCUT2D eigenvalue weighted by Crippen LogP contribution is 2.16. The molecule has 1 amide bonds. The number of hydrogen-bond acceptors (Lipinski definition) is 2. The fourth-order valence-corrected chi connectivity index (χ4v) is 1.32. The molecule has 78 valence electrons. The fourth-order valence-electron chi connectivity index (χ4n) is 0.890. The van der Waals surface area contributed by atoms with Crippen molar-refractivity contribution in [2.75, 3.05) is 6.54 Å². The number of pyridine rings is 1. The maximum Gasteiger partial charge on any atom is 0.255 e. The highest BCUT2D eigenvalue weighted by molar-refractivity contribution is 6.34. The first-order valence-electron chi connectivity index (χ1n) is 4.15. The zero-order valence-electron chi connectivity index (χ0n) is 7.97. The molecule has 0 saturated carbocycles. The van der Waals surface area contributed by atoms with Gasteiger partial charge in [0.2, 0.25) is 0 Å². The standard InChI is InChI=1S/C10H8Cl2N2O/c1-2-3-6-13-10(15)7-4-5-8(11)14-9(7)12/h4-5H,6H2,1H3,(H,13,15). The molecule has 0 bridgehead atoms. The molecule has 3 nitrogen and oxygen atoms in total. The Morgan fingerprint density at radius 3 is 2.87 bits per heavy atom. The molecule has 5 heteroatoms.